The van der Waals surface area contributed by atoms with Gasteiger partial charge in [0.1, 0.15) is 6.04 Å². The van der Waals surface area contributed by atoms with Crippen LogP contribution in [0.5, 0.6) is 0 Å². The summed E-state index contributed by atoms with van der Waals surface area (Å²) in [7, 11) is 0. The van der Waals surface area contributed by atoms with Crippen LogP contribution in [0.25, 0.3) is 0 Å². The number of carbonyl (C=O) groups excluding carboxylic acids is 2. The molecule has 32 heavy (non-hydrogen) atoms. The van der Waals surface area contributed by atoms with Gasteiger partial charge >= 0.3 is 0 Å². The molecule has 1 fully saturated rings. The fraction of sp³-hybridized carbons (Fsp3) is 0.500. The SMILES string of the molecule is CCC(C(=O)NC1CCCCC1)N(CCc1ccccc1)C(=O)CCc1ccc(C)cc1. The minimum absolute atomic E-state index is 0.0103. The van der Waals surface area contributed by atoms with E-state index in [2.05, 4.69) is 48.6 Å². The summed E-state index contributed by atoms with van der Waals surface area (Å²) in [4.78, 5) is 28.4. The van der Waals surface area contributed by atoms with Gasteiger partial charge in [0.2, 0.25) is 11.8 Å². The maximum absolute atomic E-state index is 13.3. The first kappa shape index (κ1) is 24.0. The molecule has 0 aromatic heterocycles. The topological polar surface area (TPSA) is 49.4 Å². The molecule has 4 heteroatoms. The van der Waals surface area contributed by atoms with Crippen LogP contribution in [0.15, 0.2) is 54.6 Å². The van der Waals surface area contributed by atoms with E-state index in [4.69, 9.17) is 0 Å². The average molecular weight is 435 g/mol. The fourth-order valence-corrected chi connectivity index (χ4v) is 4.59. The first-order valence-electron chi connectivity index (χ1n) is 12.3. The van der Waals surface area contributed by atoms with Crippen LogP contribution in [0.1, 0.15) is 68.6 Å². The first-order valence-corrected chi connectivity index (χ1v) is 12.3. The van der Waals surface area contributed by atoms with Gasteiger partial charge < -0.3 is 10.2 Å². The van der Waals surface area contributed by atoms with Gasteiger partial charge in [0, 0.05) is 19.0 Å². The third kappa shape index (κ3) is 7.22. The van der Waals surface area contributed by atoms with E-state index in [1.165, 1.54) is 30.4 Å². The van der Waals surface area contributed by atoms with Crippen molar-refractivity contribution in [3.8, 4) is 0 Å². The van der Waals surface area contributed by atoms with Gasteiger partial charge in [0.25, 0.3) is 0 Å². The summed E-state index contributed by atoms with van der Waals surface area (Å²) in [5.74, 6) is 0.0725. The van der Waals surface area contributed by atoms with Gasteiger partial charge in [-0.2, -0.15) is 0 Å². The Hall–Kier alpha value is -2.62. The minimum Gasteiger partial charge on any atom is -0.352 e. The number of rotatable bonds is 10. The van der Waals surface area contributed by atoms with Crippen molar-refractivity contribution >= 4 is 11.8 Å². The predicted molar refractivity (Wildman–Crippen MR) is 130 cm³/mol. The molecule has 4 nitrogen and oxygen atoms in total. The molecule has 0 saturated heterocycles. The summed E-state index contributed by atoms with van der Waals surface area (Å²) in [6.45, 7) is 4.64. The molecule has 3 rings (SSSR count). The average Bonchev–Trinajstić information content (AvgIpc) is 2.82. The van der Waals surface area contributed by atoms with Gasteiger partial charge in [-0.1, -0.05) is 86.3 Å². The van der Waals surface area contributed by atoms with Crippen molar-refractivity contribution in [3.63, 3.8) is 0 Å². The lowest BCUT2D eigenvalue weighted by molar-refractivity contribution is -0.141. The highest BCUT2D eigenvalue weighted by atomic mass is 16.2. The van der Waals surface area contributed by atoms with Crippen LogP contribution < -0.4 is 5.32 Å². The van der Waals surface area contributed by atoms with E-state index in [9.17, 15) is 9.59 Å². The largest absolute Gasteiger partial charge is 0.352 e. The Morgan fingerprint density at radius 3 is 2.25 bits per heavy atom. The molecule has 0 radical (unpaired) electrons. The van der Waals surface area contributed by atoms with E-state index in [1.54, 1.807) is 0 Å². The van der Waals surface area contributed by atoms with Gasteiger partial charge in [0.05, 0.1) is 0 Å². The van der Waals surface area contributed by atoms with Crippen LogP contribution >= 0.6 is 0 Å². The van der Waals surface area contributed by atoms with Crippen LogP contribution in [0.4, 0.5) is 0 Å². The molecule has 0 spiro atoms. The van der Waals surface area contributed by atoms with Crippen LogP contribution in [0.3, 0.4) is 0 Å². The number of amides is 2. The molecule has 1 aliphatic rings. The van der Waals surface area contributed by atoms with E-state index in [1.807, 2.05) is 30.0 Å². The fourth-order valence-electron chi connectivity index (χ4n) is 4.59. The zero-order valence-electron chi connectivity index (χ0n) is 19.7. The summed E-state index contributed by atoms with van der Waals surface area (Å²) in [5, 5.41) is 3.25. The van der Waals surface area contributed by atoms with Gasteiger partial charge in [0.15, 0.2) is 0 Å². The number of aryl methyl sites for hydroxylation is 2. The lowest BCUT2D eigenvalue weighted by Crippen LogP contribution is -2.52. The second-order valence-corrected chi connectivity index (χ2v) is 9.08. The number of carbonyl (C=O) groups is 2. The van der Waals surface area contributed by atoms with Crippen LogP contribution in [-0.4, -0.2) is 35.3 Å². The quantitative estimate of drug-likeness (QED) is 0.557. The summed E-state index contributed by atoms with van der Waals surface area (Å²) >= 11 is 0. The second kappa shape index (κ2) is 12.4. The molecule has 1 aliphatic carbocycles. The van der Waals surface area contributed by atoms with Crippen molar-refractivity contribution in [2.24, 2.45) is 0 Å². The Labute approximate surface area is 193 Å². The third-order valence-electron chi connectivity index (χ3n) is 6.57. The van der Waals surface area contributed by atoms with E-state index >= 15 is 0 Å². The second-order valence-electron chi connectivity index (χ2n) is 9.08. The molecule has 1 N–H and O–H groups in total. The van der Waals surface area contributed by atoms with Crippen molar-refractivity contribution in [1.29, 1.82) is 0 Å². The van der Waals surface area contributed by atoms with Crippen molar-refractivity contribution in [3.05, 3.63) is 71.3 Å². The Bertz CT molecular complexity index is 841. The zero-order valence-corrected chi connectivity index (χ0v) is 19.7. The smallest absolute Gasteiger partial charge is 0.243 e. The highest BCUT2D eigenvalue weighted by Crippen LogP contribution is 2.19. The van der Waals surface area contributed by atoms with Crippen LogP contribution in [-0.2, 0) is 22.4 Å². The number of hydrogen-bond donors (Lipinski definition) is 1. The third-order valence-corrected chi connectivity index (χ3v) is 6.57. The normalized spacial score (nSPS) is 15.2. The molecule has 172 valence electrons. The molecule has 2 amide bonds. The van der Waals surface area contributed by atoms with E-state index < -0.39 is 6.04 Å². The summed E-state index contributed by atoms with van der Waals surface area (Å²) < 4.78 is 0. The molecule has 1 atom stereocenters. The number of benzene rings is 2. The first-order chi connectivity index (χ1) is 15.6. The number of hydrogen-bond acceptors (Lipinski definition) is 2. The number of nitrogens with zero attached hydrogens (tertiary/aromatic N) is 1. The Morgan fingerprint density at radius 2 is 1.59 bits per heavy atom. The molecular weight excluding hydrogens is 396 g/mol. The highest BCUT2D eigenvalue weighted by molar-refractivity contribution is 5.88. The van der Waals surface area contributed by atoms with Crippen molar-refractivity contribution < 1.29 is 9.59 Å². The summed E-state index contributed by atoms with van der Waals surface area (Å²) in [6.07, 6.45) is 8.20. The molecule has 1 unspecified atom stereocenters. The standard InChI is InChI=1S/C28H38N2O2/c1-3-26(28(32)29-25-12-8-5-9-13-25)30(21-20-23-10-6-4-7-11-23)27(31)19-18-24-16-14-22(2)15-17-24/h4,6-7,10-11,14-17,25-26H,3,5,8-9,12-13,18-21H2,1-2H3,(H,29,32). The highest BCUT2D eigenvalue weighted by Gasteiger charge is 2.29. The van der Waals surface area contributed by atoms with Crippen LogP contribution in [0, 0.1) is 6.92 Å². The van der Waals surface area contributed by atoms with Crippen molar-refractivity contribution in [2.75, 3.05) is 6.54 Å². The van der Waals surface area contributed by atoms with Gasteiger partial charge in [-0.05, 0) is 50.2 Å². The molecule has 0 aliphatic heterocycles. The Kier molecular flexibility index (Phi) is 9.33. The molecule has 1 saturated carbocycles. The number of nitrogens with one attached hydrogen (secondary N) is 1. The molecular formula is C28H38N2O2. The molecule has 2 aromatic carbocycles. The zero-order chi connectivity index (χ0) is 22.8. The van der Waals surface area contributed by atoms with Gasteiger partial charge in [-0.25, -0.2) is 0 Å². The monoisotopic (exact) mass is 434 g/mol. The van der Waals surface area contributed by atoms with Crippen molar-refractivity contribution in [2.45, 2.75) is 83.7 Å². The molecule has 0 bridgehead atoms. The van der Waals surface area contributed by atoms with Gasteiger partial charge in [-0.3, -0.25) is 9.59 Å². The van der Waals surface area contributed by atoms with Crippen LogP contribution in [0.2, 0.25) is 0 Å². The lowest BCUT2D eigenvalue weighted by Gasteiger charge is -2.33. The Balaban J connectivity index is 1.68. The Morgan fingerprint density at radius 1 is 0.938 bits per heavy atom. The summed E-state index contributed by atoms with van der Waals surface area (Å²) in [5.41, 5.74) is 3.56. The van der Waals surface area contributed by atoms with Gasteiger partial charge in [-0.15, -0.1) is 0 Å². The van der Waals surface area contributed by atoms with E-state index in [0.717, 1.165) is 24.8 Å². The van der Waals surface area contributed by atoms with E-state index in [0.29, 0.717) is 25.8 Å². The maximum atomic E-state index is 13.3. The maximum Gasteiger partial charge on any atom is 0.243 e. The molecule has 2 aromatic rings. The van der Waals surface area contributed by atoms with E-state index in [-0.39, 0.29) is 17.9 Å². The molecule has 0 heterocycles. The minimum atomic E-state index is -0.411. The lowest BCUT2D eigenvalue weighted by atomic mass is 9.95. The summed E-state index contributed by atoms with van der Waals surface area (Å²) in [6, 6.07) is 18.4. The predicted octanol–water partition coefficient (Wildman–Crippen LogP) is 5.23. The van der Waals surface area contributed by atoms with Crippen molar-refractivity contribution in [1.82, 2.24) is 10.2 Å².